The van der Waals surface area contributed by atoms with Gasteiger partial charge in [0.25, 0.3) is 0 Å². The molecular formula is C12H10BrClFN3O2. The Balaban J connectivity index is 2.21. The van der Waals surface area contributed by atoms with Crippen LogP contribution < -0.4 is 9.47 Å². The van der Waals surface area contributed by atoms with Crippen LogP contribution in [0.15, 0.2) is 22.7 Å². The minimum Gasteiger partial charge on any atom is -0.463 e. The van der Waals surface area contributed by atoms with Gasteiger partial charge in [-0.25, -0.2) is 4.39 Å². The van der Waals surface area contributed by atoms with Gasteiger partial charge in [0.2, 0.25) is 5.28 Å². The molecule has 1 aromatic carbocycles. The Morgan fingerprint density at radius 2 is 2.00 bits per heavy atom. The summed E-state index contributed by atoms with van der Waals surface area (Å²) in [5.41, 5.74) is 0. The molecule has 0 spiro atoms. The van der Waals surface area contributed by atoms with Crippen LogP contribution in [0.25, 0.3) is 0 Å². The second-order valence-electron chi connectivity index (χ2n) is 3.69. The summed E-state index contributed by atoms with van der Waals surface area (Å²) in [6.07, 6.45) is 0.809. The fourth-order valence-corrected chi connectivity index (χ4v) is 1.85. The predicted molar refractivity (Wildman–Crippen MR) is 74.8 cm³/mol. The maximum absolute atomic E-state index is 13.0. The van der Waals surface area contributed by atoms with Gasteiger partial charge in [0.05, 0.1) is 11.1 Å². The molecule has 0 saturated carbocycles. The maximum atomic E-state index is 13.0. The van der Waals surface area contributed by atoms with Gasteiger partial charge in [-0.05, 0) is 52.2 Å². The summed E-state index contributed by atoms with van der Waals surface area (Å²) in [6.45, 7) is 2.41. The minimum atomic E-state index is -0.384. The van der Waals surface area contributed by atoms with E-state index < -0.39 is 0 Å². The van der Waals surface area contributed by atoms with Gasteiger partial charge < -0.3 is 9.47 Å². The predicted octanol–water partition coefficient (Wildman–Crippen LogP) is 4.01. The van der Waals surface area contributed by atoms with Crippen LogP contribution in [-0.2, 0) is 0 Å². The molecule has 8 heteroatoms. The van der Waals surface area contributed by atoms with Gasteiger partial charge in [0.15, 0.2) is 0 Å². The number of ether oxygens (including phenoxy) is 2. The van der Waals surface area contributed by atoms with E-state index in [4.69, 9.17) is 21.1 Å². The summed E-state index contributed by atoms with van der Waals surface area (Å²) in [4.78, 5) is 11.6. The molecule has 1 aromatic heterocycles. The maximum Gasteiger partial charge on any atom is 0.329 e. The highest BCUT2D eigenvalue weighted by atomic mass is 79.9. The Bertz CT molecular complexity index is 615. The van der Waals surface area contributed by atoms with Crippen LogP contribution in [0, 0.1) is 5.82 Å². The van der Waals surface area contributed by atoms with Crippen molar-refractivity contribution in [2.24, 2.45) is 0 Å². The molecule has 0 N–H and O–H groups in total. The van der Waals surface area contributed by atoms with E-state index in [0.29, 0.717) is 16.8 Å². The molecule has 106 valence electrons. The largest absolute Gasteiger partial charge is 0.463 e. The normalized spacial score (nSPS) is 10.4. The standard InChI is InChI=1S/C12H10BrClFN3O2/c1-2-5-19-11-16-10(14)17-12(18-11)20-9-4-3-7(15)6-8(9)13/h3-4,6H,2,5H2,1H3. The zero-order valence-corrected chi connectivity index (χ0v) is 12.8. The average molecular weight is 363 g/mol. The zero-order chi connectivity index (χ0) is 14.5. The van der Waals surface area contributed by atoms with E-state index in [-0.39, 0.29) is 23.1 Å². The summed E-state index contributed by atoms with van der Waals surface area (Å²) in [5.74, 6) is -0.0278. The van der Waals surface area contributed by atoms with Crippen molar-refractivity contribution in [1.29, 1.82) is 0 Å². The fraction of sp³-hybridized carbons (Fsp3) is 0.250. The lowest BCUT2D eigenvalue weighted by Crippen LogP contribution is -2.03. The van der Waals surface area contributed by atoms with Crippen LogP contribution in [0.5, 0.6) is 17.8 Å². The molecule has 2 aromatic rings. The molecule has 0 bridgehead atoms. The number of nitrogens with zero attached hydrogens (tertiary/aromatic N) is 3. The Kier molecular flexibility index (Phi) is 5.08. The lowest BCUT2D eigenvalue weighted by molar-refractivity contribution is 0.284. The molecule has 0 unspecified atom stereocenters. The van der Waals surface area contributed by atoms with E-state index in [9.17, 15) is 4.39 Å². The first-order valence-electron chi connectivity index (χ1n) is 5.75. The Hall–Kier alpha value is -1.47. The van der Waals surface area contributed by atoms with Crippen molar-refractivity contribution >= 4 is 27.5 Å². The van der Waals surface area contributed by atoms with Gasteiger partial charge in [0, 0.05) is 0 Å². The summed E-state index contributed by atoms with van der Waals surface area (Å²) in [5, 5.41) is -0.0423. The molecule has 0 saturated heterocycles. The molecule has 1 heterocycles. The fourth-order valence-electron chi connectivity index (χ4n) is 1.27. The molecule has 20 heavy (non-hydrogen) atoms. The summed E-state index contributed by atoms with van der Waals surface area (Å²) >= 11 is 8.95. The molecule has 0 amide bonds. The van der Waals surface area contributed by atoms with Crippen molar-refractivity contribution in [2.75, 3.05) is 6.61 Å². The molecule has 0 aliphatic heterocycles. The highest BCUT2D eigenvalue weighted by molar-refractivity contribution is 9.10. The van der Waals surface area contributed by atoms with Crippen LogP contribution >= 0.6 is 27.5 Å². The number of benzene rings is 1. The zero-order valence-electron chi connectivity index (χ0n) is 10.4. The quantitative estimate of drug-likeness (QED) is 0.804. The van der Waals surface area contributed by atoms with Gasteiger partial charge in [-0.2, -0.15) is 9.97 Å². The van der Waals surface area contributed by atoms with Crippen molar-refractivity contribution in [3.8, 4) is 17.8 Å². The van der Waals surface area contributed by atoms with Crippen LogP contribution in [0.2, 0.25) is 5.28 Å². The third-order valence-corrected chi connectivity index (χ3v) is 2.89. The van der Waals surface area contributed by atoms with E-state index in [1.54, 1.807) is 0 Å². The smallest absolute Gasteiger partial charge is 0.329 e. The molecule has 0 aliphatic rings. The van der Waals surface area contributed by atoms with Gasteiger partial charge in [-0.3, -0.25) is 0 Å². The number of hydrogen-bond acceptors (Lipinski definition) is 5. The first-order valence-corrected chi connectivity index (χ1v) is 6.93. The second-order valence-corrected chi connectivity index (χ2v) is 4.89. The van der Waals surface area contributed by atoms with Crippen LogP contribution in [0.4, 0.5) is 4.39 Å². The number of rotatable bonds is 5. The van der Waals surface area contributed by atoms with E-state index in [1.807, 2.05) is 6.92 Å². The molecule has 2 rings (SSSR count). The van der Waals surface area contributed by atoms with Gasteiger partial charge in [-0.15, -0.1) is 4.98 Å². The Morgan fingerprint density at radius 1 is 1.25 bits per heavy atom. The number of hydrogen-bond donors (Lipinski definition) is 0. The third kappa shape index (κ3) is 4.01. The molecule has 0 fully saturated rings. The molecular weight excluding hydrogens is 353 g/mol. The second kappa shape index (κ2) is 6.81. The average Bonchev–Trinajstić information content (AvgIpc) is 2.39. The minimum absolute atomic E-state index is 0.0246. The monoisotopic (exact) mass is 361 g/mol. The highest BCUT2D eigenvalue weighted by Gasteiger charge is 2.10. The SMILES string of the molecule is CCCOc1nc(Cl)nc(Oc2ccc(F)cc2Br)n1. The lowest BCUT2D eigenvalue weighted by atomic mass is 10.3. The lowest BCUT2D eigenvalue weighted by Gasteiger charge is -2.07. The summed E-state index contributed by atoms with van der Waals surface area (Å²) in [6, 6.07) is 4.04. The van der Waals surface area contributed by atoms with E-state index in [2.05, 4.69) is 30.9 Å². The number of halogens is 3. The topological polar surface area (TPSA) is 57.1 Å². The third-order valence-electron chi connectivity index (χ3n) is 2.10. The molecule has 0 aliphatic carbocycles. The molecule has 5 nitrogen and oxygen atoms in total. The van der Waals surface area contributed by atoms with Crippen LogP contribution in [0.3, 0.4) is 0 Å². The van der Waals surface area contributed by atoms with Crippen LogP contribution in [-0.4, -0.2) is 21.6 Å². The summed E-state index contributed by atoms with van der Waals surface area (Å²) in [7, 11) is 0. The highest BCUT2D eigenvalue weighted by Crippen LogP contribution is 2.29. The van der Waals surface area contributed by atoms with Crippen molar-refractivity contribution < 1.29 is 13.9 Å². The Morgan fingerprint density at radius 3 is 2.70 bits per heavy atom. The van der Waals surface area contributed by atoms with E-state index in [0.717, 1.165) is 6.42 Å². The summed E-state index contributed by atoms with van der Waals surface area (Å²) < 4.78 is 24.1. The van der Waals surface area contributed by atoms with Crippen molar-refractivity contribution in [3.05, 3.63) is 33.8 Å². The van der Waals surface area contributed by atoms with Gasteiger partial charge in [-0.1, -0.05) is 6.92 Å². The van der Waals surface area contributed by atoms with Crippen molar-refractivity contribution in [3.63, 3.8) is 0 Å². The first-order chi connectivity index (χ1) is 9.58. The van der Waals surface area contributed by atoms with Gasteiger partial charge in [0.1, 0.15) is 11.6 Å². The number of aromatic nitrogens is 3. The molecule has 0 radical (unpaired) electrons. The van der Waals surface area contributed by atoms with Crippen LogP contribution in [0.1, 0.15) is 13.3 Å². The van der Waals surface area contributed by atoms with Crippen molar-refractivity contribution in [2.45, 2.75) is 13.3 Å². The van der Waals surface area contributed by atoms with Crippen molar-refractivity contribution in [1.82, 2.24) is 15.0 Å². The molecule has 0 atom stereocenters. The Labute approximate surface area is 128 Å². The van der Waals surface area contributed by atoms with E-state index in [1.165, 1.54) is 18.2 Å². The van der Waals surface area contributed by atoms with E-state index >= 15 is 0 Å². The van der Waals surface area contributed by atoms with Gasteiger partial charge >= 0.3 is 12.0 Å². The first kappa shape index (κ1) is 14.9.